The average Bonchev–Trinajstić information content (AvgIpc) is 2.96. The van der Waals surface area contributed by atoms with Crippen molar-refractivity contribution >= 4 is 11.9 Å². The molecule has 2 unspecified atom stereocenters. The number of aliphatic carboxylic acids is 1. The number of carbonyl (C=O) groups excluding carboxylic acids is 1. The van der Waals surface area contributed by atoms with Crippen LogP contribution in [0.4, 0.5) is 0 Å². The third-order valence-corrected chi connectivity index (χ3v) is 4.98. The van der Waals surface area contributed by atoms with Crippen LogP contribution < -0.4 is 5.32 Å². The largest absolute Gasteiger partial charge is 0.481 e. The van der Waals surface area contributed by atoms with Gasteiger partial charge in [-0.1, -0.05) is 38.5 Å². The first-order chi connectivity index (χ1) is 9.68. The van der Waals surface area contributed by atoms with Crippen LogP contribution >= 0.6 is 0 Å². The Morgan fingerprint density at radius 2 is 1.55 bits per heavy atom. The number of hydrogen-bond acceptors (Lipinski definition) is 2. The summed E-state index contributed by atoms with van der Waals surface area (Å²) in [5, 5.41) is 12.2. The lowest BCUT2D eigenvalue weighted by atomic mass is 9.78. The van der Waals surface area contributed by atoms with Gasteiger partial charge in [-0.05, 0) is 31.6 Å². The van der Waals surface area contributed by atoms with E-state index in [0.29, 0.717) is 13.0 Å². The van der Waals surface area contributed by atoms with Gasteiger partial charge in [0.1, 0.15) is 0 Å². The Morgan fingerprint density at radius 3 is 2.20 bits per heavy atom. The molecule has 0 saturated heterocycles. The number of carbonyl (C=O) groups is 2. The van der Waals surface area contributed by atoms with Gasteiger partial charge in [-0.2, -0.15) is 0 Å². The van der Waals surface area contributed by atoms with E-state index in [-0.39, 0.29) is 11.8 Å². The summed E-state index contributed by atoms with van der Waals surface area (Å²) in [5.74, 6) is -0.779. The normalized spacial score (nSPS) is 27.4. The molecule has 4 nitrogen and oxygen atoms in total. The van der Waals surface area contributed by atoms with E-state index in [9.17, 15) is 14.7 Å². The topological polar surface area (TPSA) is 66.4 Å². The fourth-order valence-electron chi connectivity index (χ4n) is 3.77. The number of hydrogen-bond donors (Lipinski definition) is 2. The lowest BCUT2D eigenvalue weighted by molar-refractivity contribution is -0.148. The molecule has 0 aromatic rings. The van der Waals surface area contributed by atoms with Gasteiger partial charge in [0.2, 0.25) is 5.91 Å². The standard InChI is InChI=1S/C16H27NO3/c18-15(13-9-3-4-10-14(13)16(19)20)17-11-5-8-12-6-1-2-7-12/h12-14H,1-11H2,(H,17,18)(H,19,20). The molecule has 2 atom stereocenters. The van der Waals surface area contributed by atoms with Gasteiger partial charge in [0.05, 0.1) is 11.8 Å². The zero-order chi connectivity index (χ0) is 14.4. The van der Waals surface area contributed by atoms with Gasteiger partial charge < -0.3 is 10.4 Å². The SMILES string of the molecule is O=C(O)C1CCCCC1C(=O)NCCCC1CCCC1. The van der Waals surface area contributed by atoms with Crippen molar-refractivity contribution in [3.63, 3.8) is 0 Å². The highest BCUT2D eigenvalue weighted by Gasteiger charge is 2.35. The molecule has 2 N–H and O–H groups in total. The van der Waals surface area contributed by atoms with Crippen LogP contribution in [0.2, 0.25) is 0 Å². The molecule has 20 heavy (non-hydrogen) atoms. The van der Waals surface area contributed by atoms with Crippen LogP contribution in [0.5, 0.6) is 0 Å². The van der Waals surface area contributed by atoms with Crippen LogP contribution in [0.15, 0.2) is 0 Å². The summed E-state index contributed by atoms with van der Waals surface area (Å²) in [6, 6.07) is 0. The monoisotopic (exact) mass is 281 g/mol. The molecular weight excluding hydrogens is 254 g/mol. The second-order valence-electron chi connectivity index (χ2n) is 6.42. The molecule has 2 saturated carbocycles. The summed E-state index contributed by atoms with van der Waals surface area (Å²) in [6.45, 7) is 0.707. The first-order valence-electron chi connectivity index (χ1n) is 8.19. The summed E-state index contributed by atoms with van der Waals surface area (Å²) in [4.78, 5) is 23.3. The maximum atomic E-state index is 12.1. The first kappa shape index (κ1) is 15.3. The van der Waals surface area contributed by atoms with Crippen molar-refractivity contribution in [2.45, 2.75) is 64.2 Å². The van der Waals surface area contributed by atoms with Crippen LogP contribution in [0.1, 0.15) is 64.2 Å². The van der Waals surface area contributed by atoms with Crippen molar-refractivity contribution in [2.75, 3.05) is 6.54 Å². The van der Waals surface area contributed by atoms with Gasteiger partial charge in [0.25, 0.3) is 0 Å². The zero-order valence-corrected chi connectivity index (χ0v) is 12.3. The predicted molar refractivity (Wildman–Crippen MR) is 77.3 cm³/mol. The average molecular weight is 281 g/mol. The molecule has 0 aliphatic heterocycles. The quantitative estimate of drug-likeness (QED) is 0.736. The van der Waals surface area contributed by atoms with E-state index < -0.39 is 11.9 Å². The Hall–Kier alpha value is -1.06. The third kappa shape index (κ3) is 4.22. The lowest BCUT2D eigenvalue weighted by Gasteiger charge is -2.27. The van der Waals surface area contributed by atoms with E-state index >= 15 is 0 Å². The Bertz CT molecular complexity index is 337. The lowest BCUT2D eigenvalue weighted by Crippen LogP contribution is -2.40. The van der Waals surface area contributed by atoms with Crippen LogP contribution in [0.25, 0.3) is 0 Å². The minimum atomic E-state index is -0.809. The maximum absolute atomic E-state index is 12.1. The summed E-state index contributed by atoms with van der Waals surface area (Å²) in [5.41, 5.74) is 0. The van der Waals surface area contributed by atoms with E-state index in [1.807, 2.05) is 0 Å². The molecule has 2 fully saturated rings. The maximum Gasteiger partial charge on any atom is 0.307 e. The highest BCUT2D eigenvalue weighted by atomic mass is 16.4. The Kier molecular flexibility index (Phi) is 5.86. The number of carboxylic acid groups (broad SMARTS) is 1. The summed E-state index contributed by atoms with van der Waals surface area (Å²) in [7, 11) is 0. The van der Waals surface area contributed by atoms with E-state index in [2.05, 4.69) is 5.32 Å². The fourth-order valence-corrected chi connectivity index (χ4v) is 3.77. The van der Waals surface area contributed by atoms with Crippen molar-refractivity contribution in [3.8, 4) is 0 Å². The van der Waals surface area contributed by atoms with Crippen molar-refractivity contribution in [3.05, 3.63) is 0 Å². The molecule has 0 bridgehead atoms. The Balaban J connectivity index is 1.68. The first-order valence-corrected chi connectivity index (χ1v) is 8.19. The Labute approximate surface area is 121 Å². The number of rotatable bonds is 6. The van der Waals surface area contributed by atoms with E-state index in [1.54, 1.807) is 0 Å². The highest BCUT2D eigenvalue weighted by Crippen LogP contribution is 2.31. The van der Waals surface area contributed by atoms with Crippen molar-refractivity contribution in [1.29, 1.82) is 0 Å². The van der Waals surface area contributed by atoms with Gasteiger partial charge in [-0.25, -0.2) is 0 Å². The van der Waals surface area contributed by atoms with E-state index in [1.165, 1.54) is 32.1 Å². The molecule has 4 heteroatoms. The van der Waals surface area contributed by atoms with Gasteiger partial charge in [0, 0.05) is 6.54 Å². The van der Waals surface area contributed by atoms with E-state index in [0.717, 1.165) is 31.6 Å². The van der Waals surface area contributed by atoms with Gasteiger partial charge in [-0.15, -0.1) is 0 Å². The van der Waals surface area contributed by atoms with Crippen molar-refractivity contribution in [2.24, 2.45) is 17.8 Å². The molecule has 1 amide bonds. The number of carboxylic acids is 1. The molecule has 0 spiro atoms. The smallest absolute Gasteiger partial charge is 0.307 e. The minimum Gasteiger partial charge on any atom is -0.481 e. The van der Waals surface area contributed by atoms with Gasteiger partial charge in [0.15, 0.2) is 0 Å². The van der Waals surface area contributed by atoms with Crippen LogP contribution in [0.3, 0.4) is 0 Å². The highest BCUT2D eigenvalue weighted by molar-refractivity contribution is 5.84. The molecule has 0 aromatic carbocycles. The van der Waals surface area contributed by atoms with Crippen LogP contribution in [0, 0.1) is 17.8 Å². The molecular formula is C16H27NO3. The fraction of sp³-hybridized carbons (Fsp3) is 0.875. The molecule has 2 aliphatic rings. The molecule has 0 aromatic heterocycles. The number of amides is 1. The zero-order valence-electron chi connectivity index (χ0n) is 12.3. The van der Waals surface area contributed by atoms with Crippen molar-refractivity contribution < 1.29 is 14.7 Å². The Morgan fingerprint density at radius 1 is 0.950 bits per heavy atom. The summed E-state index contributed by atoms with van der Waals surface area (Å²) in [6.07, 6.45) is 10.9. The molecule has 0 radical (unpaired) electrons. The summed E-state index contributed by atoms with van der Waals surface area (Å²) >= 11 is 0. The van der Waals surface area contributed by atoms with Gasteiger partial charge >= 0.3 is 5.97 Å². The number of nitrogens with one attached hydrogen (secondary N) is 1. The predicted octanol–water partition coefficient (Wildman–Crippen LogP) is 2.96. The van der Waals surface area contributed by atoms with Crippen LogP contribution in [-0.2, 0) is 9.59 Å². The second-order valence-corrected chi connectivity index (χ2v) is 6.42. The van der Waals surface area contributed by atoms with Crippen LogP contribution in [-0.4, -0.2) is 23.5 Å². The van der Waals surface area contributed by atoms with E-state index in [4.69, 9.17) is 0 Å². The second kappa shape index (κ2) is 7.65. The molecule has 0 heterocycles. The molecule has 2 aliphatic carbocycles. The molecule has 2 rings (SSSR count). The van der Waals surface area contributed by atoms with Gasteiger partial charge in [-0.3, -0.25) is 9.59 Å². The third-order valence-electron chi connectivity index (χ3n) is 4.98. The minimum absolute atomic E-state index is 0.0384. The molecule has 114 valence electrons. The summed E-state index contributed by atoms with van der Waals surface area (Å²) < 4.78 is 0. The van der Waals surface area contributed by atoms with Crippen molar-refractivity contribution in [1.82, 2.24) is 5.32 Å².